The second-order valence-corrected chi connectivity index (χ2v) is 7.56. The number of hydrogen-bond acceptors (Lipinski definition) is 4. The van der Waals surface area contributed by atoms with Crippen LogP contribution in [0.25, 0.3) is 0 Å². The van der Waals surface area contributed by atoms with Gasteiger partial charge in [0.05, 0.1) is 0 Å². The van der Waals surface area contributed by atoms with Crippen LogP contribution in [-0.2, 0) is 6.42 Å². The van der Waals surface area contributed by atoms with Crippen molar-refractivity contribution in [2.45, 2.75) is 72.1 Å². The molecule has 2 N–H and O–H groups in total. The molecule has 0 aliphatic heterocycles. The molecule has 1 saturated carbocycles. The Morgan fingerprint density at radius 2 is 2.12 bits per heavy atom. The Bertz CT molecular complexity index is 532. The molecule has 1 aliphatic carbocycles. The zero-order valence-corrected chi connectivity index (χ0v) is 19.1. The molecule has 0 saturated heterocycles. The summed E-state index contributed by atoms with van der Waals surface area (Å²) >= 11 is 0. The number of nitrogens with one attached hydrogen (secondary N) is 2. The van der Waals surface area contributed by atoms with Crippen molar-refractivity contribution in [1.29, 1.82) is 0 Å². The molecule has 150 valence electrons. The van der Waals surface area contributed by atoms with Crippen molar-refractivity contribution < 1.29 is 4.52 Å². The molecule has 2 rings (SSSR count). The van der Waals surface area contributed by atoms with Gasteiger partial charge in [-0.25, -0.2) is 0 Å². The van der Waals surface area contributed by atoms with E-state index in [2.05, 4.69) is 48.5 Å². The van der Waals surface area contributed by atoms with Crippen LogP contribution in [0, 0.1) is 11.8 Å². The number of aliphatic imine (C=N–C) groups is 1. The van der Waals surface area contributed by atoms with Crippen LogP contribution in [-0.4, -0.2) is 35.7 Å². The van der Waals surface area contributed by atoms with E-state index in [0.29, 0.717) is 18.2 Å². The fraction of sp³-hybridized carbons (Fsp3) is 0.842. The number of hydrogen-bond donors (Lipinski definition) is 2. The van der Waals surface area contributed by atoms with Crippen LogP contribution in [0.4, 0.5) is 0 Å². The first-order valence-corrected chi connectivity index (χ1v) is 9.93. The summed E-state index contributed by atoms with van der Waals surface area (Å²) in [6.45, 7) is 11.1. The number of rotatable bonds is 8. The van der Waals surface area contributed by atoms with Crippen molar-refractivity contribution in [1.82, 2.24) is 20.8 Å². The first-order valence-electron chi connectivity index (χ1n) is 9.93. The summed E-state index contributed by atoms with van der Waals surface area (Å²) < 4.78 is 5.28. The molecule has 0 radical (unpaired) electrons. The Morgan fingerprint density at radius 3 is 2.77 bits per heavy atom. The number of aromatic nitrogens is 2. The summed E-state index contributed by atoms with van der Waals surface area (Å²) in [4.78, 5) is 9.13. The van der Waals surface area contributed by atoms with E-state index in [0.717, 1.165) is 43.3 Å². The molecule has 1 fully saturated rings. The van der Waals surface area contributed by atoms with Gasteiger partial charge < -0.3 is 15.2 Å². The molecule has 0 spiro atoms. The third-order valence-electron chi connectivity index (χ3n) is 4.83. The third-order valence-corrected chi connectivity index (χ3v) is 4.83. The zero-order valence-electron chi connectivity index (χ0n) is 16.8. The summed E-state index contributed by atoms with van der Waals surface area (Å²) in [7, 11) is 0. The van der Waals surface area contributed by atoms with Gasteiger partial charge in [-0.3, -0.25) is 4.99 Å². The van der Waals surface area contributed by atoms with Gasteiger partial charge in [0.1, 0.15) is 0 Å². The Labute approximate surface area is 175 Å². The minimum atomic E-state index is 0. The Hall–Kier alpha value is -0.860. The lowest BCUT2D eigenvalue weighted by atomic mass is 9.81. The molecule has 26 heavy (non-hydrogen) atoms. The van der Waals surface area contributed by atoms with Crippen LogP contribution >= 0.6 is 24.0 Å². The minimum Gasteiger partial charge on any atom is -0.357 e. The highest BCUT2D eigenvalue weighted by atomic mass is 127. The van der Waals surface area contributed by atoms with Crippen LogP contribution < -0.4 is 10.6 Å². The Kier molecular flexibility index (Phi) is 11.2. The summed E-state index contributed by atoms with van der Waals surface area (Å²) in [6, 6.07) is 0. The van der Waals surface area contributed by atoms with Crippen molar-refractivity contribution in [3.63, 3.8) is 0 Å². The third kappa shape index (κ3) is 8.22. The van der Waals surface area contributed by atoms with Crippen molar-refractivity contribution in [2.24, 2.45) is 16.8 Å². The van der Waals surface area contributed by atoms with Gasteiger partial charge >= 0.3 is 0 Å². The molecule has 6 nitrogen and oxygen atoms in total. The molecule has 7 heteroatoms. The van der Waals surface area contributed by atoms with Crippen LogP contribution in [0.5, 0.6) is 0 Å². The zero-order chi connectivity index (χ0) is 18.1. The summed E-state index contributed by atoms with van der Waals surface area (Å²) in [5.74, 6) is 4.38. The quantitative estimate of drug-likeness (QED) is 0.335. The van der Waals surface area contributed by atoms with Crippen molar-refractivity contribution in [2.75, 3.05) is 19.6 Å². The van der Waals surface area contributed by atoms with Gasteiger partial charge in [0.2, 0.25) is 5.89 Å². The molecule has 0 bridgehead atoms. The highest BCUT2D eigenvalue weighted by Gasteiger charge is 2.18. The fourth-order valence-corrected chi connectivity index (χ4v) is 3.41. The van der Waals surface area contributed by atoms with E-state index in [9.17, 15) is 0 Å². The van der Waals surface area contributed by atoms with Crippen molar-refractivity contribution in [3.05, 3.63) is 11.7 Å². The first kappa shape index (κ1) is 23.2. The van der Waals surface area contributed by atoms with Crippen molar-refractivity contribution >= 4 is 29.9 Å². The van der Waals surface area contributed by atoms with E-state index in [1.807, 2.05) is 0 Å². The van der Waals surface area contributed by atoms with Gasteiger partial charge in [-0.15, -0.1) is 24.0 Å². The lowest BCUT2D eigenvalue weighted by molar-refractivity contribution is 0.272. The standard InChI is InChI=1S/C19H35N5O.HI/c1-5-20-19(21-11-9-16-8-6-7-15(4)13-16)22-12-10-17-23-18(14(2)3)24-25-17;/h14-16H,5-13H2,1-4H3,(H2,20,21,22);1H. The molecule has 1 heterocycles. The summed E-state index contributed by atoms with van der Waals surface area (Å²) in [6.07, 6.45) is 7.44. The van der Waals surface area contributed by atoms with E-state index in [1.165, 1.54) is 32.1 Å². The van der Waals surface area contributed by atoms with Gasteiger partial charge in [-0.1, -0.05) is 45.2 Å². The SMILES string of the molecule is CCNC(=NCCC1CCCC(C)C1)NCCc1nc(C(C)C)no1.I. The number of nitrogens with zero attached hydrogens (tertiary/aromatic N) is 3. The second kappa shape index (κ2) is 12.5. The average molecular weight is 477 g/mol. The molecule has 1 aliphatic rings. The molecule has 0 aromatic carbocycles. The molecule has 0 amide bonds. The molecule has 1 aromatic heterocycles. The fourth-order valence-electron chi connectivity index (χ4n) is 3.41. The lowest BCUT2D eigenvalue weighted by Crippen LogP contribution is -2.38. The van der Waals surface area contributed by atoms with Crippen LogP contribution in [0.1, 0.15) is 77.4 Å². The van der Waals surface area contributed by atoms with E-state index >= 15 is 0 Å². The molecule has 2 atom stereocenters. The largest absolute Gasteiger partial charge is 0.357 e. The molecular formula is C19H36IN5O. The maximum absolute atomic E-state index is 5.28. The van der Waals surface area contributed by atoms with Gasteiger partial charge in [-0.2, -0.15) is 4.98 Å². The lowest BCUT2D eigenvalue weighted by Gasteiger charge is -2.26. The maximum Gasteiger partial charge on any atom is 0.228 e. The van der Waals surface area contributed by atoms with Crippen LogP contribution in [0.2, 0.25) is 0 Å². The minimum absolute atomic E-state index is 0. The smallest absolute Gasteiger partial charge is 0.228 e. The van der Waals surface area contributed by atoms with E-state index in [-0.39, 0.29) is 24.0 Å². The summed E-state index contributed by atoms with van der Waals surface area (Å²) in [5.41, 5.74) is 0. The predicted molar refractivity (Wildman–Crippen MR) is 117 cm³/mol. The van der Waals surface area contributed by atoms with Crippen LogP contribution in [0.15, 0.2) is 9.52 Å². The van der Waals surface area contributed by atoms with Crippen molar-refractivity contribution in [3.8, 4) is 0 Å². The van der Waals surface area contributed by atoms with Gasteiger partial charge in [0, 0.05) is 32.0 Å². The topological polar surface area (TPSA) is 75.3 Å². The highest BCUT2D eigenvalue weighted by Crippen LogP contribution is 2.30. The first-order chi connectivity index (χ1) is 12.1. The van der Waals surface area contributed by atoms with E-state index in [4.69, 9.17) is 9.52 Å². The average Bonchev–Trinajstić information content (AvgIpc) is 3.04. The highest BCUT2D eigenvalue weighted by molar-refractivity contribution is 14.0. The normalized spacial score (nSPS) is 20.7. The second-order valence-electron chi connectivity index (χ2n) is 7.56. The number of guanidine groups is 1. The Balaban J connectivity index is 0.00000338. The van der Waals surface area contributed by atoms with Crippen LogP contribution in [0.3, 0.4) is 0 Å². The predicted octanol–water partition coefficient (Wildman–Crippen LogP) is 4.13. The van der Waals surface area contributed by atoms with E-state index in [1.54, 1.807) is 0 Å². The maximum atomic E-state index is 5.28. The van der Waals surface area contributed by atoms with E-state index < -0.39 is 0 Å². The molecule has 1 aromatic rings. The van der Waals surface area contributed by atoms with Gasteiger partial charge in [0.15, 0.2) is 11.8 Å². The van der Waals surface area contributed by atoms with Gasteiger partial charge in [0.25, 0.3) is 0 Å². The number of halogens is 1. The monoisotopic (exact) mass is 477 g/mol. The van der Waals surface area contributed by atoms with Gasteiger partial charge in [-0.05, 0) is 31.6 Å². The summed E-state index contributed by atoms with van der Waals surface area (Å²) in [5, 5.41) is 10.7. The molecule has 2 unspecified atom stereocenters. The molecular weight excluding hydrogens is 441 g/mol. The Morgan fingerprint density at radius 1 is 1.31 bits per heavy atom.